The summed E-state index contributed by atoms with van der Waals surface area (Å²) in [5.74, 6) is 0. The summed E-state index contributed by atoms with van der Waals surface area (Å²) in [5, 5.41) is 2.00. The molecule has 4 nitrogen and oxygen atoms in total. The van der Waals surface area contributed by atoms with Gasteiger partial charge < -0.3 is 0 Å². The summed E-state index contributed by atoms with van der Waals surface area (Å²) in [7, 11) is -2.76. The van der Waals surface area contributed by atoms with Gasteiger partial charge in [-0.1, -0.05) is 41.9 Å². The van der Waals surface area contributed by atoms with Crippen molar-refractivity contribution in [3.63, 3.8) is 0 Å². The third-order valence-corrected chi connectivity index (χ3v) is 7.13. The second-order valence-corrected chi connectivity index (χ2v) is 9.19. The fourth-order valence-corrected chi connectivity index (χ4v) is 4.93. The van der Waals surface area contributed by atoms with E-state index in [1.54, 1.807) is 5.38 Å². The van der Waals surface area contributed by atoms with Crippen LogP contribution in [0.2, 0.25) is 5.02 Å². The lowest BCUT2D eigenvalue weighted by Gasteiger charge is -2.18. The minimum Gasteiger partial charge on any atom is -0.240 e. The van der Waals surface area contributed by atoms with Crippen LogP contribution in [0.25, 0.3) is 10.6 Å². The van der Waals surface area contributed by atoms with Crippen LogP contribution in [0.3, 0.4) is 0 Å². The summed E-state index contributed by atoms with van der Waals surface area (Å²) in [6.45, 7) is -0.0387. The molecule has 1 heterocycles. The van der Waals surface area contributed by atoms with Crippen molar-refractivity contribution in [3.8, 4) is 10.6 Å². The molecule has 2 aromatic carbocycles. The monoisotopic (exact) mass is 446 g/mol. The minimum absolute atomic E-state index is 0.0387. The molecule has 3 aromatic rings. The normalized spacial score (nSPS) is 12.5. The van der Waals surface area contributed by atoms with Crippen molar-refractivity contribution in [2.75, 3.05) is 7.05 Å². The number of rotatable bonds is 5. The van der Waals surface area contributed by atoms with E-state index in [2.05, 4.69) is 4.98 Å². The molecule has 0 radical (unpaired) electrons. The first kappa shape index (κ1) is 20.8. The summed E-state index contributed by atoms with van der Waals surface area (Å²) in [6.07, 6.45) is -4.60. The van der Waals surface area contributed by atoms with Gasteiger partial charge in [0.1, 0.15) is 9.90 Å². The number of nitrogens with zero attached hydrogens (tertiary/aromatic N) is 2. The molecule has 1 aromatic heterocycles. The van der Waals surface area contributed by atoms with E-state index < -0.39 is 26.8 Å². The molecule has 0 N–H and O–H groups in total. The Hall–Kier alpha value is -1.94. The third kappa shape index (κ3) is 4.38. The Morgan fingerprint density at radius 2 is 1.82 bits per heavy atom. The van der Waals surface area contributed by atoms with E-state index in [0.717, 1.165) is 20.9 Å². The van der Waals surface area contributed by atoms with Gasteiger partial charge in [0, 0.05) is 18.0 Å². The molecule has 0 amide bonds. The molecular weight excluding hydrogens is 433 g/mol. The average Bonchev–Trinajstić information content (AvgIpc) is 3.10. The Balaban J connectivity index is 1.82. The third-order valence-electron chi connectivity index (χ3n) is 3.90. The molecule has 0 fully saturated rings. The van der Waals surface area contributed by atoms with Gasteiger partial charge in [-0.2, -0.15) is 17.5 Å². The van der Waals surface area contributed by atoms with E-state index in [1.165, 1.54) is 18.4 Å². The van der Waals surface area contributed by atoms with E-state index in [-0.39, 0.29) is 11.4 Å². The van der Waals surface area contributed by atoms with Gasteiger partial charge in [0.05, 0.1) is 22.8 Å². The number of benzene rings is 2. The highest BCUT2D eigenvalue weighted by molar-refractivity contribution is 7.89. The van der Waals surface area contributed by atoms with Gasteiger partial charge in [-0.25, -0.2) is 13.4 Å². The second-order valence-electron chi connectivity index (χ2n) is 5.91. The zero-order valence-corrected chi connectivity index (χ0v) is 16.8. The summed E-state index contributed by atoms with van der Waals surface area (Å²) in [5.41, 5.74) is 0.430. The van der Waals surface area contributed by atoms with Crippen molar-refractivity contribution in [3.05, 3.63) is 70.2 Å². The first-order chi connectivity index (χ1) is 13.1. The van der Waals surface area contributed by atoms with Gasteiger partial charge in [0.15, 0.2) is 0 Å². The number of halogens is 4. The molecule has 3 rings (SSSR count). The van der Waals surface area contributed by atoms with E-state index in [0.29, 0.717) is 17.8 Å². The highest BCUT2D eigenvalue weighted by Gasteiger charge is 2.33. The lowest BCUT2D eigenvalue weighted by molar-refractivity contribution is -0.137. The maximum Gasteiger partial charge on any atom is 0.416 e. The topological polar surface area (TPSA) is 50.3 Å². The highest BCUT2D eigenvalue weighted by Crippen LogP contribution is 2.34. The van der Waals surface area contributed by atoms with Crippen molar-refractivity contribution in [2.24, 2.45) is 0 Å². The number of alkyl halides is 3. The molecule has 0 atom stereocenters. The Bertz CT molecular complexity index is 1080. The van der Waals surface area contributed by atoms with E-state index >= 15 is 0 Å². The predicted octanol–water partition coefficient (Wildman–Crippen LogP) is 5.30. The largest absolute Gasteiger partial charge is 0.416 e. The number of aromatic nitrogens is 1. The van der Waals surface area contributed by atoms with E-state index in [1.807, 2.05) is 30.3 Å². The van der Waals surface area contributed by atoms with Gasteiger partial charge in [-0.05, 0) is 18.2 Å². The fraction of sp³-hybridized carbons (Fsp3) is 0.167. The Labute approximate surface area is 169 Å². The van der Waals surface area contributed by atoms with Crippen molar-refractivity contribution in [1.29, 1.82) is 0 Å². The van der Waals surface area contributed by atoms with E-state index in [4.69, 9.17) is 11.6 Å². The Morgan fingerprint density at radius 3 is 2.43 bits per heavy atom. The lowest BCUT2D eigenvalue weighted by atomic mass is 10.2. The molecule has 10 heteroatoms. The van der Waals surface area contributed by atoms with Crippen molar-refractivity contribution in [2.45, 2.75) is 17.6 Å². The molecule has 0 bridgehead atoms. The Morgan fingerprint density at radius 1 is 1.14 bits per heavy atom. The molecule has 0 spiro atoms. The minimum atomic E-state index is -4.60. The molecule has 28 heavy (non-hydrogen) atoms. The van der Waals surface area contributed by atoms with Crippen LogP contribution in [0.1, 0.15) is 11.3 Å². The van der Waals surface area contributed by atoms with Crippen LogP contribution in [-0.2, 0) is 22.7 Å². The van der Waals surface area contributed by atoms with Crippen molar-refractivity contribution in [1.82, 2.24) is 9.29 Å². The molecular formula is C18H14ClF3N2O2S2. The quantitative estimate of drug-likeness (QED) is 0.534. The van der Waals surface area contributed by atoms with Gasteiger partial charge in [-0.15, -0.1) is 11.3 Å². The maximum absolute atomic E-state index is 12.8. The van der Waals surface area contributed by atoms with Crippen LogP contribution in [0, 0.1) is 0 Å². The van der Waals surface area contributed by atoms with Crippen LogP contribution in [0.4, 0.5) is 13.2 Å². The van der Waals surface area contributed by atoms with Gasteiger partial charge in [0.25, 0.3) is 0 Å². The average molecular weight is 447 g/mol. The number of thiazole rings is 1. The van der Waals surface area contributed by atoms with Crippen molar-refractivity contribution < 1.29 is 21.6 Å². The standard InChI is InChI=1S/C18H14ClF3N2O2S2/c1-24(10-14-11-27-17(23-14)12-5-3-2-4-6-12)28(25,26)16-8-7-13(9-15(16)19)18(20,21)22/h2-9,11H,10H2,1H3. The molecule has 0 aliphatic carbocycles. The summed E-state index contributed by atoms with van der Waals surface area (Å²) >= 11 is 7.21. The smallest absolute Gasteiger partial charge is 0.240 e. The van der Waals surface area contributed by atoms with Crippen molar-refractivity contribution >= 4 is 33.0 Å². The zero-order chi connectivity index (χ0) is 20.5. The number of hydrogen-bond donors (Lipinski definition) is 0. The molecule has 0 saturated carbocycles. The number of sulfonamides is 1. The molecule has 0 aliphatic heterocycles. The van der Waals surface area contributed by atoms with Crippen LogP contribution < -0.4 is 0 Å². The van der Waals surface area contributed by atoms with Gasteiger partial charge in [-0.3, -0.25) is 0 Å². The summed E-state index contributed by atoms with van der Waals surface area (Å²) in [4.78, 5) is 4.04. The van der Waals surface area contributed by atoms with Crippen LogP contribution in [-0.4, -0.2) is 24.8 Å². The summed E-state index contributed by atoms with van der Waals surface area (Å²) in [6, 6.07) is 11.6. The zero-order valence-electron chi connectivity index (χ0n) is 14.4. The molecule has 148 valence electrons. The fourth-order valence-electron chi connectivity index (χ4n) is 2.46. The highest BCUT2D eigenvalue weighted by atomic mass is 35.5. The maximum atomic E-state index is 12.8. The lowest BCUT2D eigenvalue weighted by Crippen LogP contribution is -2.27. The second kappa shape index (κ2) is 7.82. The van der Waals surface area contributed by atoms with E-state index in [9.17, 15) is 21.6 Å². The molecule has 0 aliphatic rings. The first-order valence-electron chi connectivity index (χ1n) is 7.92. The first-order valence-corrected chi connectivity index (χ1v) is 10.6. The number of hydrogen-bond acceptors (Lipinski definition) is 4. The van der Waals surface area contributed by atoms with Crippen LogP contribution >= 0.6 is 22.9 Å². The Kier molecular flexibility index (Phi) is 5.81. The van der Waals surface area contributed by atoms with Gasteiger partial charge >= 0.3 is 6.18 Å². The summed E-state index contributed by atoms with van der Waals surface area (Å²) < 4.78 is 64.7. The molecule has 0 saturated heterocycles. The van der Waals surface area contributed by atoms with Gasteiger partial charge in [0.2, 0.25) is 10.0 Å². The van der Waals surface area contributed by atoms with Crippen LogP contribution in [0.15, 0.2) is 58.8 Å². The van der Waals surface area contributed by atoms with Crippen LogP contribution in [0.5, 0.6) is 0 Å². The molecule has 0 unspecified atom stereocenters. The SMILES string of the molecule is CN(Cc1csc(-c2ccccc2)n1)S(=O)(=O)c1ccc(C(F)(F)F)cc1Cl. The predicted molar refractivity (Wildman–Crippen MR) is 103 cm³/mol.